The summed E-state index contributed by atoms with van der Waals surface area (Å²) >= 11 is 12.0. The maximum Gasteiger partial charge on any atom is 0.273 e. The van der Waals surface area contributed by atoms with E-state index in [2.05, 4.69) is 16.4 Å². The van der Waals surface area contributed by atoms with Gasteiger partial charge in [-0.05, 0) is 54.1 Å². The summed E-state index contributed by atoms with van der Waals surface area (Å²) in [4.78, 5) is 29.1. The lowest BCUT2D eigenvalue weighted by atomic mass is 9.96. The van der Waals surface area contributed by atoms with Crippen molar-refractivity contribution in [1.29, 1.82) is 5.26 Å². The zero-order chi connectivity index (χ0) is 22.0. The Hall–Kier alpha value is -3.66. The van der Waals surface area contributed by atoms with Crippen molar-refractivity contribution in [3.8, 4) is 17.6 Å². The second-order valence-electron chi connectivity index (χ2n) is 6.63. The first kappa shape index (κ1) is 20.6. The fourth-order valence-corrected chi connectivity index (χ4v) is 3.43. The molecule has 1 aliphatic rings. The van der Waals surface area contributed by atoms with Crippen molar-refractivity contribution < 1.29 is 14.3 Å². The Morgan fingerprint density at radius 3 is 2.42 bits per heavy atom. The monoisotopic (exact) mass is 449 g/mol. The van der Waals surface area contributed by atoms with Crippen LogP contribution in [0.25, 0.3) is 0 Å². The van der Waals surface area contributed by atoms with Crippen LogP contribution in [-0.2, 0) is 9.59 Å². The number of imide groups is 1. The van der Waals surface area contributed by atoms with Gasteiger partial charge in [0.25, 0.3) is 5.91 Å². The first-order valence-corrected chi connectivity index (χ1v) is 9.87. The molecule has 1 atom stereocenters. The molecule has 31 heavy (non-hydrogen) atoms. The molecule has 1 fully saturated rings. The summed E-state index contributed by atoms with van der Waals surface area (Å²) in [6, 6.07) is 20.3. The topological polar surface area (TPSA) is 91.5 Å². The normalized spacial score (nSPS) is 16.8. The van der Waals surface area contributed by atoms with Gasteiger partial charge in [-0.3, -0.25) is 14.9 Å². The van der Waals surface area contributed by atoms with Crippen LogP contribution in [0.15, 0.2) is 71.7 Å². The van der Waals surface area contributed by atoms with E-state index in [1.54, 1.807) is 66.7 Å². The van der Waals surface area contributed by atoms with Gasteiger partial charge in [-0.2, -0.15) is 5.26 Å². The van der Waals surface area contributed by atoms with Gasteiger partial charge < -0.3 is 4.74 Å². The number of amides is 2. The molecule has 1 saturated heterocycles. The molecule has 0 aromatic heterocycles. The first-order valence-electron chi connectivity index (χ1n) is 9.12. The Bertz CT molecular complexity index is 1260. The van der Waals surface area contributed by atoms with Gasteiger partial charge in [0.15, 0.2) is 0 Å². The largest absolute Gasteiger partial charge is 0.456 e. The number of carbonyl (C=O) groups excluding carboxylic acids is 2. The molecule has 2 amide bonds. The smallest absolute Gasteiger partial charge is 0.273 e. The maximum atomic E-state index is 12.4. The molecule has 3 aromatic carbocycles. The van der Waals surface area contributed by atoms with E-state index < -0.39 is 17.7 Å². The standard InChI is InChI=1S/C23H13Cl2N3O3/c24-17-10-5-13(11-18(17)25)20-21(23(30)28-22(20)29)27-15-6-8-16(9-7-15)31-19-4-2-1-3-14(19)12-26/h1-11,20H,(H,28,29,30). The molecule has 1 heterocycles. The van der Waals surface area contributed by atoms with Crippen LogP contribution in [0.1, 0.15) is 17.0 Å². The number of halogens is 2. The lowest BCUT2D eigenvalue weighted by Crippen LogP contribution is -2.22. The molecule has 8 heteroatoms. The van der Waals surface area contributed by atoms with Crippen LogP contribution in [-0.4, -0.2) is 17.5 Å². The minimum Gasteiger partial charge on any atom is -0.456 e. The van der Waals surface area contributed by atoms with Crippen molar-refractivity contribution in [2.24, 2.45) is 4.99 Å². The first-order chi connectivity index (χ1) is 15.0. The zero-order valence-corrected chi connectivity index (χ0v) is 17.3. The molecule has 1 aliphatic heterocycles. The van der Waals surface area contributed by atoms with Crippen molar-refractivity contribution in [2.45, 2.75) is 5.92 Å². The molecule has 0 bridgehead atoms. The van der Waals surface area contributed by atoms with Gasteiger partial charge in [-0.25, -0.2) is 4.99 Å². The summed E-state index contributed by atoms with van der Waals surface area (Å²) in [5, 5.41) is 12.1. The maximum absolute atomic E-state index is 12.4. The summed E-state index contributed by atoms with van der Waals surface area (Å²) in [6.45, 7) is 0. The van der Waals surface area contributed by atoms with E-state index in [0.29, 0.717) is 33.3 Å². The van der Waals surface area contributed by atoms with Crippen molar-refractivity contribution in [3.63, 3.8) is 0 Å². The third kappa shape index (κ3) is 4.29. The van der Waals surface area contributed by atoms with E-state index >= 15 is 0 Å². The molecule has 0 saturated carbocycles. The number of rotatable bonds is 4. The van der Waals surface area contributed by atoms with Crippen molar-refractivity contribution >= 4 is 46.4 Å². The zero-order valence-electron chi connectivity index (χ0n) is 15.8. The molecular formula is C23H13Cl2N3O3. The fraction of sp³-hybridized carbons (Fsp3) is 0.0435. The molecule has 4 rings (SSSR count). The lowest BCUT2D eigenvalue weighted by Gasteiger charge is -2.10. The molecular weight excluding hydrogens is 437 g/mol. The van der Waals surface area contributed by atoms with Crippen molar-refractivity contribution in [3.05, 3.63) is 87.9 Å². The van der Waals surface area contributed by atoms with Gasteiger partial charge in [0.2, 0.25) is 5.91 Å². The van der Waals surface area contributed by atoms with Gasteiger partial charge in [0, 0.05) is 0 Å². The summed E-state index contributed by atoms with van der Waals surface area (Å²) in [6.07, 6.45) is 0. The Morgan fingerprint density at radius 2 is 1.71 bits per heavy atom. The third-order valence-corrected chi connectivity index (χ3v) is 5.34. The van der Waals surface area contributed by atoms with Crippen LogP contribution in [0, 0.1) is 11.3 Å². The number of carbonyl (C=O) groups is 2. The van der Waals surface area contributed by atoms with Gasteiger partial charge in [-0.1, -0.05) is 41.4 Å². The Balaban J connectivity index is 1.62. The molecule has 1 unspecified atom stereocenters. The van der Waals surface area contributed by atoms with E-state index in [-0.39, 0.29) is 10.7 Å². The average Bonchev–Trinajstić information content (AvgIpc) is 3.04. The molecule has 152 valence electrons. The number of ether oxygens (including phenoxy) is 1. The highest BCUT2D eigenvalue weighted by Gasteiger charge is 2.39. The van der Waals surface area contributed by atoms with E-state index in [1.165, 1.54) is 0 Å². The lowest BCUT2D eigenvalue weighted by molar-refractivity contribution is -0.124. The van der Waals surface area contributed by atoms with Crippen LogP contribution < -0.4 is 10.1 Å². The summed E-state index contributed by atoms with van der Waals surface area (Å²) in [5.41, 5.74) is 1.46. The highest BCUT2D eigenvalue weighted by Crippen LogP contribution is 2.31. The minimum absolute atomic E-state index is 0.0619. The molecule has 0 aliphatic carbocycles. The Labute approximate surface area is 187 Å². The molecule has 1 N–H and O–H groups in total. The number of hydrogen-bond donors (Lipinski definition) is 1. The summed E-state index contributed by atoms with van der Waals surface area (Å²) < 4.78 is 5.75. The van der Waals surface area contributed by atoms with Crippen LogP contribution in [0.5, 0.6) is 11.5 Å². The molecule has 6 nitrogen and oxygen atoms in total. The number of nitrogens with zero attached hydrogens (tertiary/aromatic N) is 2. The average molecular weight is 450 g/mol. The van der Waals surface area contributed by atoms with Crippen LogP contribution in [0.3, 0.4) is 0 Å². The van der Waals surface area contributed by atoms with Gasteiger partial charge in [0.05, 0.1) is 21.3 Å². The minimum atomic E-state index is -0.888. The second-order valence-corrected chi connectivity index (χ2v) is 7.44. The van der Waals surface area contributed by atoms with Crippen LogP contribution in [0.4, 0.5) is 5.69 Å². The quantitative estimate of drug-likeness (QED) is 0.556. The molecule has 0 spiro atoms. The number of para-hydroxylation sites is 1. The van der Waals surface area contributed by atoms with Gasteiger partial charge in [0.1, 0.15) is 29.2 Å². The highest BCUT2D eigenvalue weighted by atomic mass is 35.5. The second kappa shape index (κ2) is 8.60. The van der Waals surface area contributed by atoms with Crippen molar-refractivity contribution in [1.82, 2.24) is 5.32 Å². The van der Waals surface area contributed by atoms with E-state index in [9.17, 15) is 9.59 Å². The van der Waals surface area contributed by atoms with E-state index in [1.807, 2.05) is 0 Å². The number of nitrogens with one attached hydrogen (secondary N) is 1. The van der Waals surface area contributed by atoms with Gasteiger partial charge in [-0.15, -0.1) is 0 Å². The third-order valence-electron chi connectivity index (χ3n) is 4.60. The SMILES string of the molecule is N#Cc1ccccc1Oc1ccc(N=C2C(=O)NC(=O)C2c2ccc(Cl)c(Cl)c2)cc1. The number of hydrogen-bond acceptors (Lipinski definition) is 5. The van der Waals surface area contributed by atoms with Crippen LogP contribution >= 0.6 is 23.2 Å². The Kier molecular flexibility index (Phi) is 5.72. The number of nitriles is 1. The predicted octanol–water partition coefficient (Wildman–Crippen LogP) is 5.17. The van der Waals surface area contributed by atoms with E-state index in [4.69, 9.17) is 33.2 Å². The number of benzene rings is 3. The van der Waals surface area contributed by atoms with Crippen LogP contribution in [0.2, 0.25) is 10.0 Å². The highest BCUT2D eigenvalue weighted by molar-refractivity contribution is 6.52. The predicted molar refractivity (Wildman–Crippen MR) is 117 cm³/mol. The van der Waals surface area contributed by atoms with Gasteiger partial charge >= 0.3 is 0 Å². The van der Waals surface area contributed by atoms with Crippen molar-refractivity contribution in [2.75, 3.05) is 0 Å². The summed E-state index contributed by atoms with van der Waals surface area (Å²) in [7, 11) is 0. The Morgan fingerprint density at radius 1 is 0.968 bits per heavy atom. The molecule has 3 aromatic rings. The molecule has 0 radical (unpaired) electrons. The summed E-state index contributed by atoms with van der Waals surface area (Å²) in [5.74, 6) is -0.996. The fourth-order valence-electron chi connectivity index (χ4n) is 3.12. The number of aliphatic imine (C=N–C) groups is 1. The van der Waals surface area contributed by atoms with E-state index in [0.717, 1.165) is 0 Å².